The molecule has 0 radical (unpaired) electrons. The minimum absolute atomic E-state index is 0.0184. The zero-order valence-corrected chi connectivity index (χ0v) is 19.1. The fourth-order valence-corrected chi connectivity index (χ4v) is 4.33. The van der Waals surface area contributed by atoms with Crippen molar-refractivity contribution in [1.29, 1.82) is 0 Å². The number of aliphatic hydroxyl groups is 1. The summed E-state index contributed by atoms with van der Waals surface area (Å²) < 4.78 is 16.7. The summed E-state index contributed by atoms with van der Waals surface area (Å²) in [5.41, 5.74) is 1.88. The minimum atomic E-state index is -0.785. The van der Waals surface area contributed by atoms with Crippen LogP contribution in [0.4, 0.5) is 0 Å². The summed E-state index contributed by atoms with van der Waals surface area (Å²) in [4.78, 5) is 31.9. The van der Waals surface area contributed by atoms with Crippen LogP contribution in [0.25, 0.3) is 5.76 Å². The molecule has 1 amide bonds. The van der Waals surface area contributed by atoms with Crippen molar-refractivity contribution < 1.29 is 28.9 Å². The average Bonchev–Trinajstić information content (AvgIpc) is 3.14. The molecule has 1 atom stereocenters. The van der Waals surface area contributed by atoms with Crippen molar-refractivity contribution in [2.75, 3.05) is 19.8 Å². The number of likely N-dealkylation sites (tertiary alicyclic amines) is 1. The lowest BCUT2D eigenvalue weighted by molar-refractivity contribution is -0.140. The van der Waals surface area contributed by atoms with Crippen LogP contribution in [0, 0.1) is 0 Å². The summed E-state index contributed by atoms with van der Waals surface area (Å²) >= 11 is 0. The van der Waals surface area contributed by atoms with Crippen LogP contribution >= 0.6 is 0 Å². The van der Waals surface area contributed by atoms with Crippen LogP contribution < -0.4 is 14.2 Å². The lowest BCUT2D eigenvalue weighted by Gasteiger charge is -2.25. The van der Waals surface area contributed by atoms with E-state index in [1.165, 1.54) is 4.90 Å². The van der Waals surface area contributed by atoms with E-state index in [-0.39, 0.29) is 17.9 Å². The highest BCUT2D eigenvalue weighted by Crippen LogP contribution is 2.42. The third-order valence-electron chi connectivity index (χ3n) is 5.96. The maximum absolute atomic E-state index is 13.3. The number of rotatable bonds is 6. The zero-order valence-electron chi connectivity index (χ0n) is 19.1. The predicted molar refractivity (Wildman–Crippen MR) is 127 cm³/mol. The molecule has 35 heavy (non-hydrogen) atoms. The van der Waals surface area contributed by atoms with E-state index < -0.39 is 17.7 Å². The Balaban J connectivity index is 1.61. The van der Waals surface area contributed by atoms with E-state index in [1.807, 2.05) is 6.92 Å². The Morgan fingerprint density at radius 1 is 1.03 bits per heavy atom. The maximum atomic E-state index is 13.3. The van der Waals surface area contributed by atoms with Crippen molar-refractivity contribution in [3.8, 4) is 17.2 Å². The van der Waals surface area contributed by atoms with Crippen LogP contribution in [-0.2, 0) is 16.1 Å². The lowest BCUT2D eigenvalue weighted by atomic mass is 9.95. The van der Waals surface area contributed by atoms with Crippen LogP contribution in [0.3, 0.4) is 0 Å². The van der Waals surface area contributed by atoms with E-state index in [0.717, 1.165) is 5.56 Å². The molecule has 8 heteroatoms. The molecule has 1 saturated heterocycles. The number of pyridine rings is 1. The quantitative estimate of drug-likeness (QED) is 0.330. The van der Waals surface area contributed by atoms with E-state index in [4.69, 9.17) is 14.2 Å². The molecule has 2 aliphatic heterocycles. The zero-order chi connectivity index (χ0) is 24.4. The molecule has 2 aromatic carbocycles. The van der Waals surface area contributed by atoms with Crippen molar-refractivity contribution in [1.82, 2.24) is 9.88 Å². The van der Waals surface area contributed by atoms with Gasteiger partial charge in [0.25, 0.3) is 11.7 Å². The fourth-order valence-electron chi connectivity index (χ4n) is 4.33. The van der Waals surface area contributed by atoms with Crippen LogP contribution in [0.1, 0.15) is 29.7 Å². The summed E-state index contributed by atoms with van der Waals surface area (Å²) in [5, 5.41) is 11.3. The van der Waals surface area contributed by atoms with Crippen LogP contribution in [0.15, 0.2) is 72.6 Å². The topological polar surface area (TPSA) is 98.2 Å². The highest BCUT2D eigenvalue weighted by Gasteiger charge is 2.46. The molecule has 8 nitrogen and oxygen atoms in total. The largest absolute Gasteiger partial charge is 0.507 e. The van der Waals surface area contributed by atoms with Gasteiger partial charge in [-0.3, -0.25) is 14.6 Å². The normalized spacial score (nSPS) is 18.5. The van der Waals surface area contributed by atoms with Crippen molar-refractivity contribution >= 4 is 17.4 Å². The number of Topliss-reactive ketones (excluding diaryl/α,β-unsaturated/α-hetero) is 1. The van der Waals surface area contributed by atoms with Gasteiger partial charge in [0, 0.05) is 24.5 Å². The Hall–Kier alpha value is -4.33. The SMILES string of the molecule is CCOc1ccc(C2C(=C(O)c3ccc4c(c3)OCCO4)C(=O)C(=O)N2Cc2ccncc2)cc1. The fraction of sp³-hybridized carbons (Fsp3) is 0.222. The number of aromatic nitrogens is 1. The number of amides is 1. The standard InChI is InChI=1S/C27H24N2O6/c1-2-33-20-6-3-18(4-7-20)24-23(25(30)19-5-8-21-22(15-19)35-14-13-34-21)26(31)27(32)29(24)16-17-9-11-28-12-10-17/h3-12,15,24,30H,2,13-14,16H2,1H3. The Kier molecular flexibility index (Phi) is 6.10. The Labute approximate surface area is 202 Å². The van der Waals surface area contributed by atoms with Gasteiger partial charge in [-0.15, -0.1) is 0 Å². The van der Waals surface area contributed by atoms with Crippen molar-refractivity contribution in [3.05, 3.63) is 89.3 Å². The van der Waals surface area contributed by atoms with Gasteiger partial charge in [0.1, 0.15) is 24.7 Å². The molecule has 3 aromatic rings. The summed E-state index contributed by atoms with van der Waals surface area (Å²) in [6.45, 7) is 3.42. The molecule has 178 valence electrons. The highest BCUT2D eigenvalue weighted by atomic mass is 16.6. The van der Waals surface area contributed by atoms with Gasteiger partial charge in [0.15, 0.2) is 11.5 Å². The number of hydrogen-bond donors (Lipinski definition) is 1. The molecule has 5 rings (SSSR count). The maximum Gasteiger partial charge on any atom is 0.295 e. The molecule has 0 saturated carbocycles. The molecular weight excluding hydrogens is 448 g/mol. The number of fused-ring (bicyclic) bond motifs is 1. The van der Waals surface area contributed by atoms with Crippen LogP contribution in [0.5, 0.6) is 17.2 Å². The van der Waals surface area contributed by atoms with Gasteiger partial charge in [0.2, 0.25) is 0 Å². The van der Waals surface area contributed by atoms with Gasteiger partial charge in [0.05, 0.1) is 18.2 Å². The van der Waals surface area contributed by atoms with E-state index >= 15 is 0 Å². The van der Waals surface area contributed by atoms with Gasteiger partial charge in [-0.2, -0.15) is 0 Å². The second-order valence-corrected chi connectivity index (χ2v) is 8.14. The number of carbonyl (C=O) groups is 2. The summed E-state index contributed by atoms with van der Waals surface area (Å²) in [7, 11) is 0. The number of ketones is 1. The third kappa shape index (κ3) is 4.30. The van der Waals surface area contributed by atoms with E-state index in [0.29, 0.717) is 48.2 Å². The Morgan fingerprint density at radius 2 is 1.74 bits per heavy atom. The van der Waals surface area contributed by atoms with Gasteiger partial charge in [-0.25, -0.2) is 0 Å². The Bertz CT molecular complexity index is 1290. The van der Waals surface area contributed by atoms with Crippen molar-refractivity contribution in [2.24, 2.45) is 0 Å². The smallest absolute Gasteiger partial charge is 0.295 e. The van der Waals surface area contributed by atoms with Gasteiger partial charge in [-0.1, -0.05) is 12.1 Å². The summed E-state index contributed by atoms with van der Waals surface area (Å²) in [5.74, 6) is 0.0219. The van der Waals surface area contributed by atoms with Gasteiger partial charge < -0.3 is 24.2 Å². The number of carbonyl (C=O) groups excluding carboxylic acids is 2. The van der Waals surface area contributed by atoms with Crippen molar-refractivity contribution in [2.45, 2.75) is 19.5 Å². The summed E-state index contributed by atoms with van der Waals surface area (Å²) in [6, 6.07) is 14.9. The first-order valence-corrected chi connectivity index (χ1v) is 11.4. The first-order valence-electron chi connectivity index (χ1n) is 11.4. The number of aliphatic hydroxyl groups excluding tert-OH is 1. The average molecular weight is 472 g/mol. The molecule has 2 aliphatic rings. The molecule has 1 fully saturated rings. The first kappa shape index (κ1) is 22.5. The molecule has 3 heterocycles. The number of nitrogens with zero attached hydrogens (tertiary/aromatic N) is 2. The number of benzene rings is 2. The van der Waals surface area contributed by atoms with Crippen LogP contribution in [0.2, 0.25) is 0 Å². The first-order chi connectivity index (χ1) is 17.1. The lowest BCUT2D eigenvalue weighted by Crippen LogP contribution is -2.29. The number of ether oxygens (including phenoxy) is 3. The van der Waals surface area contributed by atoms with Crippen LogP contribution in [-0.4, -0.2) is 46.5 Å². The van der Waals surface area contributed by atoms with E-state index in [1.54, 1.807) is 67.0 Å². The Morgan fingerprint density at radius 3 is 2.46 bits per heavy atom. The van der Waals surface area contributed by atoms with Gasteiger partial charge >= 0.3 is 0 Å². The van der Waals surface area contributed by atoms with E-state index in [2.05, 4.69) is 4.98 Å². The number of hydrogen-bond acceptors (Lipinski definition) is 7. The highest BCUT2D eigenvalue weighted by molar-refractivity contribution is 6.46. The minimum Gasteiger partial charge on any atom is -0.507 e. The molecule has 1 unspecified atom stereocenters. The molecule has 1 aromatic heterocycles. The molecule has 1 N–H and O–H groups in total. The molecule has 0 spiro atoms. The molecule has 0 bridgehead atoms. The summed E-state index contributed by atoms with van der Waals surface area (Å²) in [6.07, 6.45) is 3.26. The molecular formula is C27H24N2O6. The van der Waals surface area contributed by atoms with E-state index in [9.17, 15) is 14.7 Å². The third-order valence-corrected chi connectivity index (χ3v) is 5.96. The second-order valence-electron chi connectivity index (χ2n) is 8.14. The monoisotopic (exact) mass is 472 g/mol. The predicted octanol–water partition coefficient (Wildman–Crippen LogP) is 3.87. The van der Waals surface area contributed by atoms with Gasteiger partial charge in [-0.05, 0) is 60.5 Å². The second kappa shape index (κ2) is 9.50. The molecule has 0 aliphatic carbocycles. The van der Waals surface area contributed by atoms with Crippen molar-refractivity contribution in [3.63, 3.8) is 0 Å².